The van der Waals surface area contributed by atoms with E-state index in [-0.39, 0.29) is 5.91 Å². The highest BCUT2D eigenvalue weighted by Crippen LogP contribution is 2.28. The van der Waals surface area contributed by atoms with E-state index in [1.165, 1.54) is 0 Å². The molecular weight excluding hydrogens is 340 g/mol. The Kier molecular flexibility index (Phi) is 6.56. The van der Waals surface area contributed by atoms with Crippen LogP contribution in [-0.4, -0.2) is 10.9 Å². The molecule has 0 saturated heterocycles. The van der Waals surface area contributed by atoms with Crippen LogP contribution in [0, 0.1) is 0 Å². The molecular formula is C22H24N2OS. The summed E-state index contributed by atoms with van der Waals surface area (Å²) in [7, 11) is 0. The maximum atomic E-state index is 11.8. The number of unbranched alkanes of at least 4 members (excludes halogenated alkanes) is 2. The Morgan fingerprint density at radius 2 is 1.77 bits per heavy atom. The lowest BCUT2D eigenvalue weighted by molar-refractivity contribution is -0.121. The molecule has 0 fully saturated rings. The summed E-state index contributed by atoms with van der Waals surface area (Å²) >= 11 is 1.65. The first-order valence-electron chi connectivity index (χ1n) is 9.13. The van der Waals surface area contributed by atoms with Gasteiger partial charge in [-0.25, -0.2) is 4.98 Å². The van der Waals surface area contributed by atoms with Gasteiger partial charge in [-0.2, -0.15) is 0 Å². The van der Waals surface area contributed by atoms with E-state index in [4.69, 9.17) is 4.98 Å². The predicted molar refractivity (Wildman–Crippen MR) is 109 cm³/mol. The van der Waals surface area contributed by atoms with Crippen molar-refractivity contribution in [3.05, 3.63) is 65.5 Å². The molecule has 1 aromatic heterocycles. The van der Waals surface area contributed by atoms with Crippen molar-refractivity contribution in [1.82, 2.24) is 10.3 Å². The fourth-order valence-electron chi connectivity index (χ4n) is 2.74. The van der Waals surface area contributed by atoms with Gasteiger partial charge in [0.05, 0.1) is 5.69 Å². The topological polar surface area (TPSA) is 42.0 Å². The molecule has 1 heterocycles. The summed E-state index contributed by atoms with van der Waals surface area (Å²) in [5, 5.41) is 6.10. The van der Waals surface area contributed by atoms with E-state index in [1.54, 1.807) is 11.3 Å². The normalized spacial score (nSPS) is 10.7. The smallest absolute Gasteiger partial charge is 0.220 e. The van der Waals surface area contributed by atoms with Crippen LogP contribution in [0.15, 0.2) is 60.0 Å². The van der Waals surface area contributed by atoms with Gasteiger partial charge in [-0.3, -0.25) is 4.79 Å². The van der Waals surface area contributed by atoms with Gasteiger partial charge >= 0.3 is 0 Å². The fourth-order valence-corrected chi connectivity index (χ4v) is 3.57. The molecule has 1 N–H and O–H groups in total. The number of benzene rings is 2. The van der Waals surface area contributed by atoms with Crippen LogP contribution in [0.1, 0.15) is 38.2 Å². The molecule has 4 heteroatoms. The zero-order valence-electron chi connectivity index (χ0n) is 15.1. The molecule has 0 unspecified atom stereocenters. The van der Waals surface area contributed by atoms with Crippen LogP contribution in [-0.2, 0) is 11.3 Å². The van der Waals surface area contributed by atoms with Gasteiger partial charge < -0.3 is 5.32 Å². The zero-order valence-corrected chi connectivity index (χ0v) is 15.9. The minimum absolute atomic E-state index is 0.134. The van der Waals surface area contributed by atoms with Crippen molar-refractivity contribution < 1.29 is 4.79 Å². The molecule has 2 aromatic carbocycles. The first-order valence-corrected chi connectivity index (χ1v) is 10.0. The predicted octanol–water partition coefficient (Wildman–Crippen LogP) is 5.67. The highest BCUT2D eigenvalue weighted by atomic mass is 32.1. The summed E-state index contributed by atoms with van der Waals surface area (Å²) in [5.74, 6) is 0.134. The third kappa shape index (κ3) is 5.02. The van der Waals surface area contributed by atoms with Crippen LogP contribution in [0.5, 0.6) is 0 Å². The number of nitrogens with zero attached hydrogens (tertiary/aromatic N) is 1. The third-order valence-electron chi connectivity index (χ3n) is 4.27. The number of carbonyl (C=O) groups is 1. The molecule has 0 aliphatic rings. The van der Waals surface area contributed by atoms with E-state index in [0.717, 1.165) is 46.7 Å². The third-order valence-corrected chi connectivity index (χ3v) is 5.16. The van der Waals surface area contributed by atoms with Crippen molar-refractivity contribution >= 4 is 17.2 Å². The highest BCUT2D eigenvalue weighted by molar-refractivity contribution is 7.13. The van der Waals surface area contributed by atoms with Crippen LogP contribution in [0.3, 0.4) is 0 Å². The minimum Gasteiger partial charge on any atom is -0.352 e. The second-order valence-corrected chi connectivity index (χ2v) is 7.19. The van der Waals surface area contributed by atoms with Gasteiger partial charge in [0.2, 0.25) is 5.91 Å². The average Bonchev–Trinajstić information content (AvgIpc) is 3.18. The molecule has 0 aliphatic heterocycles. The van der Waals surface area contributed by atoms with E-state index < -0.39 is 0 Å². The second kappa shape index (κ2) is 9.30. The van der Waals surface area contributed by atoms with Crippen molar-refractivity contribution in [2.24, 2.45) is 0 Å². The Morgan fingerprint density at radius 3 is 2.50 bits per heavy atom. The molecule has 0 bridgehead atoms. The molecule has 0 atom stereocenters. The molecule has 3 nitrogen and oxygen atoms in total. The molecule has 26 heavy (non-hydrogen) atoms. The lowest BCUT2D eigenvalue weighted by atomic mass is 10.1. The fraction of sp³-hybridized carbons (Fsp3) is 0.273. The molecule has 0 saturated carbocycles. The summed E-state index contributed by atoms with van der Waals surface area (Å²) in [6.45, 7) is 2.73. The number of hydrogen-bond donors (Lipinski definition) is 1. The van der Waals surface area contributed by atoms with Gasteiger partial charge in [0.25, 0.3) is 0 Å². The van der Waals surface area contributed by atoms with E-state index >= 15 is 0 Å². The van der Waals surface area contributed by atoms with E-state index in [2.05, 4.69) is 54.0 Å². The minimum atomic E-state index is 0.134. The number of nitrogens with one attached hydrogen (secondary N) is 1. The van der Waals surface area contributed by atoms with Gasteiger partial charge in [0, 0.05) is 29.5 Å². The van der Waals surface area contributed by atoms with Gasteiger partial charge in [-0.05, 0) is 12.0 Å². The second-order valence-electron chi connectivity index (χ2n) is 6.33. The first kappa shape index (κ1) is 18.3. The monoisotopic (exact) mass is 364 g/mol. The lowest BCUT2D eigenvalue weighted by Gasteiger charge is -2.06. The maximum absolute atomic E-state index is 11.8. The van der Waals surface area contributed by atoms with Crippen molar-refractivity contribution in [3.8, 4) is 21.8 Å². The SMILES string of the molecule is CCCCCC(=O)NCc1ccc(-c2nc(-c3ccccc3)cs2)cc1. The van der Waals surface area contributed by atoms with E-state index in [1.807, 2.05) is 18.2 Å². The number of thiazole rings is 1. The molecule has 0 radical (unpaired) electrons. The van der Waals surface area contributed by atoms with E-state index in [0.29, 0.717) is 13.0 Å². The van der Waals surface area contributed by atoms with Gasteiger partial charge in [0.1, 0.15) is 5.01 Å². The van der Waals surface area contributed by atoms with Crippen LogP contribution in [0.4, 0.5) is 0 Å². The quantitative estimate of drug-likeness (QED) is 0.523. The summed E-state index contributed by atoms with van der Waals surface area (Å²) in [5.41, 5.74) is 4.36. The standard InChI is InChI=1S/C22H24N2OS/c1-2-3-5-10-21(25)23-15-17-11-13-19(14-12-17)22-24-20(16-26-22)18-8-6-4-7-9-18/h4,6-9,11-14,16H,2-3,5,10,15H2,1H3,(H,23,25). The Balaban J connectivity index is 1.58. The number of carbonyl (C=O) groups excluding carboxylic acids is 1. The summed E-state index contributed by atoms with van der Waals surface area (Å²) < 4.78 is 0. The molecule has 134 valence electrons. The Morgan fingerprint density at radius 1 is 1.00 bits per heavy atom. The molecule has 0 aliphatic carbocycles. The van der Waals surface area contributed by atoms with Crippen molar-refractivity contribution in [2.45, 2.75) is 39.2 Å². The maximum Gasteiger partial charge on any atom is 0.220 e. The van der Waals surface area contributed by atoms with Crippen LogP contribution in [0.2, 0.25) is 0 Å². The molecule has 3 aromatic rings. The van der Waals surface area contributed by atoms with Crippen molar-refractivity contribution in [2.75, 3.05) is 0 Å². The van der Waals surface area contributed by atoms with Crippen LogP contribution in [0.25, 0.3) is 21.8 Å². The average molecular weight is 365 g/mol. The Hall–Kier alpha value is -2.46. The van der Waals surface area contributed by atoms with Crippen molar-refractivity contribution in [3.63, 3.8) is 0 Å². The molecule has 3 rings (SSSR count). The van der Waals surface area contributed by atoms with E-state index in [9.17, 15) is 4.79 Å². The van der Waals surface area contributed by atoms with Crippen LogP contribution < -0.4 is 5.32 Å². The van der Waals surface area contributed by atoms with Gasteiger partial charge in [-0.1, -0.05) is 74.4 Å². The van der Waals surface area contributed by atoms with Gasteiger partial charge in [-0.15, -0.1) is 11.3 Å². The first-order chi connectivity index (χ1) is 12.8. The van der Waals surface area contributed by atoms with Crippen molar-refractivity contribution in [1.29, 1.82) is 0 Å². The number of aromatic nitrogens is 1. The Bertz CT molecular complexity index is 825. The largest absolute Gasteiger partial charge is 0.352 e. The molecule has 0 spiro atoms. The van der Waals surface area contributed by atoms with Crippen LogP contribution >= 0.6 is 11.3 Å². The lowest BCUT2D eigenvalue weighted by Crippen LogP contribution is -2.22. The number of hydrogen-bond acceptors (Lipinski definition) is 3. The summed E-state index contributed by atoms with van der Waals surface area (Å²) in [6.07, 6.45) is 3.83. The molecule has 1 amide bonds. The summed E-state index contributed by atoms with van der Waals surface area (Å²) in [6, 6.07) is 18.5. The Labute approximate surface area is 159 Å². The number of amides is 1. The van der Waals surface area contributed by atoms with Gasteiger partial charge in [0.15, 0.2) is 0 Å². The summed E-state index contributed by atoms with van der Waals surface area (Å²) in [4.78, 5) is 16.5. The highest BCUT2D eigenvalue weighted by Gasteiger charge is 2.07. The number of rotatable bonds is 8. The zero-order chi connectivity index (χ0) is 18.2.